The fourth-order valence-corrected chi connectivity index (χ4v) is 3.17. The SMILES string of the molecule is C[C@@H](NC(=O)NCc1cccc(CS(C)(=O)=O)c1)c1ccccc1. The molecule has 2 rings (SSSR count). The van der Waals surface area contributed by atoms with E-state index in [4.69, 9.17) is 0 Å². The molecule has 0 saturated heterocycles. The van der Waals surface area contributed by atoms with Crippen molar-refractivity contribution in [2.75, 3.05) is 6.26 Å². The van der Waals surface area contributed by atoms with Crippen molar-refractivity contribution < 1.29 is 13.2 Å². The van der Waals surface area contributed by atoms with Crippen molar-refractivity contribution in [3.63, 3.8) is 0 Å². The Labute approximate surface area is 143 Å². The number of benzene rings is 2. The van der Waals surface area contributed by atoms with E-state index in [1.165, 1.54) is 6.26 Å². The third kappa shape index (κ3) is 6.04. The van der Waals surface area contributed by atoms with E-state index in [9.17, 15) is 13.2 Å². The average molecular weight is 346 g/mol. The van der Waals surface area contributed by atoms with Gasteiger partial charge in [0.1, 0.15) is 0 Å². The third-order valence-corrected chi connectivity index (χ3v) is 4.38. The molecule has 128 valence electrons. The van der Waals surface area contributed by atoms with Gasteiger partial charge in [-0.3, -0.25) is 0 Å². The quantitative estimate of drug-likeness (QED) is 0.844. The lowest BCUT2D eigenvalue weighted by molar-refractivity contribution is 0.237. The summed E-state index contributed by atoms with van der Waals surface area (Å²) in [5.74, 6) is -0.00191. The molecule has 0 saturated carbocycles. The largest absolute Gasteiger partial charge is 0.334 e. The van der Waals surface area contributed by atoms with Gasteiger partial charge in [-0.25, -0.2) is 13.2 Å². The predicted molar refractivity (Wildman–Crippen MR) is 95.2 cm³/mol. The Bertz CT molecular complexity index is 789. The summed E-state index contributed by atoms with van der Waals surface area (Å²) in [6, 6.07) is 16.6. The second kappa shape index (κ2) is 7.97. The Morgan fingerprint density at radius 2 is 1.71 bits per heavy atom. The Hall–Kier alpha value is -2.34. The second-order valence-electron chi connectivity index (χ2n) is 5.85. The number of amides is 2. The van der Waals surface area contributed by atoms with Crippen LogP contribution < -0.4 is 10.6 Å². The molecule has 0 spiro atoms. The lowest BCUT2D eigenvalue weighted by Crippen LogP contribution is -2.36. The van der Waals surface area contributed by atoms with Crippen molar-refractivity contribution in [3.8, 4) is 0 Å². The number of carbonyl (C=O) groups is 1. The van der Waals surface area contributed by atoms with Gasteiger partial charge in [0.05, 0.1) is 11.8 Å². The average Bonchev–Trinajstić information content (AvgIpc) is 2.52. The highest BCUT2D eigenvalue weighted by Crippen LogP contribution is 2.11. The zero-order valence-electron chi connectivity index (χ0n) is 13.8. The lowest BCUT2D eigenvalue weighted by atomic mass is 10.1. The topological polar surface area (TPSA) is 75.3 Å². The lowest BCUT2D eigenvalue weighted by Gasteiger charge is -2.15. The van der Waals surface area contributed by atoms with Crippen LogP contribution in [0.3, 0.4) is 0 Å². The molecule has 0 heterocycles. The smallest absolute Gasteiger partial charge is 0.315 e. The molecule has 0 aliphatic rings. The fraction of sp³-hybridized carbons (Fsp3) is 0.278. The number of nitrogens with one attached hydrogen (secondary N) is 2. The molecule has 2 aromatic carbocycles. The number of rotatable bonds is 6. The van der Waals surface area contributed by atoms with Gasteiger partial charge in [-0.1, -0.05) is 54.6 Å². The maximum absolute atomic E-state index is 12.0. The van der Waals surface area contributed by atoms with Gasteiger partial charge in [0.25, 0.3) is 0 Å². The first-order valence-electron chi connectivity index (χ1n) is 7.68. The van der Waals surface area contributed by atoms with E-state index >= 15 is 0 Å². The van der Waals surface area contributed by atoms with Crippen LogP contribution in [0.25, 0.3) is 0 Å². The molecular weight excluding hydrogens is 324 g/mol. The maximum atomic E-state index is 12.0. The van der Waals surface area contributed by atoms with E-state index in [2.05, 4.69) is 10.6 Å². The molecule has 0 aliphatic carbocycles. The van der Waals surface area contributed by atoms with Crippen LogP contribution in [0.15, 0.2) is 54.6 Å². The molecule has 0 bridgehead atoms. The summed E-state index contributed by atoms with van der Waals surface area (Å²) in [5.41, 5.74) is 2.61. The molecule has 0 unspecified atom stereocenters. The van der Waals surface area contributed by atoms with Crippen LogP contribution in [0.2, 0.25) is 0 Å². The Kier molecular flexibility index (Phi) is 5.98. The molecule has 0 fully saturated rings. The van der Waals surface area contributed by atoms with Crippen molar-refractivity contribution in [2.45, 2.75) is 25.3 Å². The number of hydrogen-bond acceptors (Lipinski definition) is 3. The van der Waals surface area contributed by atoms with Gasteiger partial charge in [0, 0.05) is 12.8 Å². The van der Waals surface area contributed by atoms with Crippen LogP contribution in [0, 0.1) is 0 Å². The molecule has 24 heavy (non-hydrogen) atoms. The molecule has 0 radical (unpaired) electrons. The first-order chi connectivity index (χ1) is 11.3. The molecule has 1 atom stereocenters. The monoisotopic (exact) mass is 346 g/mol. The predicted octanol–water partition coefficient (Wildman–Crippen LogP) is 2.79. The van der Waals surface area contributed by atoms with Gasteiger partial charge in [-0.2, -0.15) is 0 Å². The summed E-state index contributed by atoms with van der Waals surface area (Å²) in [4.78, 5) is 12.0. The van der Waals surface area contributed by atoms with Crippen molar-refractivity contribution in [2.24, 2.45) is 0 Å². The van der Waals surface area contributed by atoms with Gasteiger partial charge in [-0.05, 0) is 23.6 Å². The molecule has 6 heteroatoms. The number of sulfone groups is 1. The first kappa shape index (κ1) is 18.0. The van der Waals surface area contributed by atoms with Crippen molar-refractivity contribution in [1.29, 1.82) is 0 Å². The first-order valence-corrected chi connectivity index (χ1v) is 9.74. The molecule has 2 aromatic rings. The second-order valence-corrected chi connectivity index (χ2v) is 7.99. The molecular formula is C18H22N2O3S. The van der Waals surface area contributed by atoms with Crippen LogP contribution in [0.5, 0.6) is 0 Å². The summed E-state index contributed by atoms with van der Waals surface area (Å²) in [6.07, 6.45) is 1.20. The summed E-state index contributed by atoms with van der Waals surface area (Å²) < 4.78 is 22.7. The van der Waals surface area contributed by atoms with E-state index in [1.807, 2.05) is 43.3 Å². The fourth-order valence-electron chi connectivity index (χ4n) is 2.39. The zero-order valence-corrected chi connectivity index (χ0v) is 14.6. The maximum Gasteiger partial charge on any atom is 0.315 e. The minimum atomic E-state index is -3.07. The minimum Gasteiger partial charge on any atom is -0.334 e. The number of hydrogen-bond donors (Lipinski definition) is 2. The van der Waals surface area contributed by atoms with Gasteiger partial charge in [0.2, 0.25) is 0 Å². The highest BCUT2D eigenvalue weighted by molar-refractivity contribution is 7.89. The van der Waals surface area contributed by atoms with E-state index in [1.54, 1.807) is 18.2 Å². The van der Waals surface area contributed by atoms with Crippen LogP contribution in [0.1, 0.15) is 29.7 Å². The van der Waals surface area contributed by atoms with Crippen LogP contribution in [-0.2, 0) is 22.1 Å². The van der Waals surface area contributed by atoms with E-state index in [-0.39, 0.29) is 17.8 Å². The van der Waals surface area contributed by atoms with Crippen LogP contribution in [-0.4, -0.2) is 20.7 Å². The Morgan fingerprint density at radius 1 is 1.04 bits per heavy atom. The van der Waals surface area contributed by atoms with Gasteiger partial charge >= 0.3 is 6.03 Å². The van der Waals surface area contributed by atoms with Crippen molar-refractivity contribution >= 4 is 15.9 Å². The van der Waals surface area contributed by atoms with Crippen molar-refractivity contribution in [3.05, 3.63) is 71.3 Å². The highest BCUT2D eigenvalue weighted by atomic mass is 32.2. The van der Waals surface area contributed by atoms with Gasteiger partial charge < -0.3 is 10.6 Å². The molecule has 2 amide bonds. The molecule has 0 aliphatic heterocycles. The van der Waals surface area contributed by atoms with E-state index < -0.39 is 9.84 Å². The van der Waals surface area contributed by atoms with Crippen LogP contribution in [0.4, 0.5) is 4.79 Å². The zero-order chi connectivity index (χ0) is 17.6. The summed E-state index contributed by atoms with van der Waals surface area (Å²) >= 11 is 0. The van der Waals surface area contributed by atoms with E-state index in [0.29, 0.717) is 6.54 Å². The van der Waals surface area contributed by atoms with E-state index in [0.717, 1.165) is 16.7 Å². The van der Waals surface area contributed by atoms with Gasteiger partial charge in [0.15, 0.2) is 9.84 Å². The highest BCUT2D eigenvalue weighted by Gasteiger charge is 2.09. The number of urea groups is 1. The minimum absolute atomic E-state index is 0.00191. The van der Waals surface area contributed by atoms with Gasteiger partial charge in [-0.15, -0.1) is 0 Å². The molecule has 5 nitrogen and oxygen atoms in total. The Balaban J connectivity index is 1.89. The molecule has 0 aromatic heterocycles. The van der Waals surface area contributed by atoms with Crippen LogP contribution >= 0.6 is 0 Å². The summed E-state index contributed by atoms with van der Waals surface area (Å²) in [5, 5.41) is 5.66. The Morgan fingerprint density at radius 3 is 2.38 bits per heavy atom. The summed E-state index contributed by atoms with van der Waals surface area (Å²) in [6.45, 7) is 2.26. The third-order valence-electron chi connectivity index (χ3n) is 3.52. The molecule has 2 N–H and O–H groups in total. The number of carbonyl (C=O) groups excluding carboxylic acids is 1. The standard InChI is InChI=1S/C18H22N2O3S/c1-14(17-9-4-3-5-10-17)20-18(21)19-12-15-7-6-8-16(11-15)13-24(2,22)23/h3-11,14H,12-13H2,1-2H3,(H2,19,20,21)/t14-/m1/s1. The summed E-state index contributed by atoms with van der Waals surface area (Å²) in [7, 11) is -3.07. The van der Waals surface area contributed by atoms with Crippen molar-refractivity contribution in [1.82, 2.24) is 10.6 Å². The normalized spacial score (nSPS) is 12.4.